The van der Waals surface area contributed by atoms with Gasteiger partial charge in [-0.05, 0) is 98.5 Å². The van der Waals surface area contributed by atoms with Gasteiger partial charge in [0.2, 0.25) is 11.8 Å². The van der Waals surface area contributed by atoms with Crippen molar-refractivity contribution in [2.45, 2.75) is 116 Å². The molecular formula is C36H52N4O4. The number of ether oxygens (including phenoxy) is 1. The average molecular weight is 605 g/mol. The number of rotatable bonds is 5. The van der Waals surface area contributed by atoms with Crippen molar-refractivity contribution < 1.29 is 19.1 Å². The summed E-state index contributed by atoms with van der Waals surface area (Å²) in [6.45, 7) is 10.8. The van der Waals surface area contributed by atoms with Crippen molar-refractivity contribution in [3.8, 4) is 0 Å². The summed E-state index contributed by atoms with van der Waals surface area (Å²) in [6, 6.07) is 5.66. The molecule has 1 aromatic heterocycles. The van der Waals surface area contributed by atoms with Crippen LogP contribution < -0.4 is 16.0 Å². The molecule has 12 atom stereocenters. The van der Waals surface area contributed by atoms with Gasteiger partial charge in [0.1, 0.15) is 17.9 Å². The van der Waals surface area contributed by atoms with Crippen LogP contribution >= 0.6 is 0 Å². The molecule has 6 fully saturated rings. The maximum absolute atomic E-state index is 14.4. The van der Waals surface area contributed by atoms with E-state index in [0.29, 0.717) is 60.2 Å². The summed E-state index contributed by atoms with van der Waals surface area (Å²) in [5, 5.41) is 9.79. The lowest BCUT2D eigenvalue weighted by molar-refractivity contribution is -0.160. The number of ketones is 1. The summed E-state index contributed by atoms with van der Waals surface area (Å²) in [4.78, 5) is 43.8. The molecule has 0 unspecified atom stereocenters. The van der Waals surface area contributed by atoms with E-state index in [0.717, 1.165) is 50.8 Å². The number of Topliss-reactive ketones (excluding diaryl/α,β-unsaturated/α-hetero) is 1. The van der Waals surface area contributed by atoms with E-state index in [1.807, 2.05) is 18.2 Å². The first-order valence-electron chi connectivity index (χ1n) is 17.5. The number of fused-ring (bicyclic) bond motifs is 7. The molecule has 240 valence electrons. The zero-order valence-electron chi connectivity index (χ0n) is 27.1. The predicted molar refractivity (Wildman–Crippen MR) is 167 cm³/mol. The molecule has 2 aliphatic heterocycles. The second-order valence-electron chi connectivity index (χ2n) is 16.0. The molecule has 1 spiro atoms. The highest BCUT2D eigenvalue weighted by Gasteiger charge is 2.71. The van der Waals surface area contributed by atoms with Crippen LogP contribution in [0.5, 0.6) is 0 Å². The molecule has 1 aromatic rings. The molecular weight excluding hydrogens is 552 g/mol. The van der Waals surface area contributed by atoms with Gasteiger partial charge in [0.15, 0.2) is 0 Å². The molecule has 8 nitrogen and oxygen atoms in total. The fraction of sp³-hybridized carbons (Fsp3) is 0.778. The lowest BCUT2D eigenvalue weighted by Gasteiger charge is -2.60. The second-order valence-corrected chi connectivity index (χ2v) is 16.0. The van der Waals surface area contributed by atoms with Crippen molar-refractivity contribution in [1.29, 1.82) is 0 Å². The Bertz CT molecular complexity index is 1280. The molecule has 2 amide bonds. The Balaban J connectivity index is 0.977. The highest BCUT2D eigenvalue weighted by atomic mass is 16.5. The van der Waals surface area contributed by atoms with E-state index in [9.17, 15) is 14.4 Å². The number of pyridine rings is 1. The number of hydrogen-bond donors (Lipinski definition) is 3. The molecule has 0 bridgehead atoms. The molecule has 3 N–H and O–H groups in total. The van der Waals surface area contributed by atoms with E-state index in [4.69, 9.17) is 4.74 Å². The van der Waals surface area contributed by atoms with Gasteiger partial charge in [0.05, 0.1) is 18.3 Å². The predicted octanol–water partition coefficient (Wildman–Crippen LogP) is 4.77. The van der Waals surface area contributed by atoms with E-state index in [1.165, 1.54) is 12.8 Å². The first-order valence-corrected chi connectivity index (χ1v) is 17.5. The van der Waals surface area contributed by atoms with Gasteiger partial charge in [-0.25, -0.2) is 0 Å². The van der Waals surface area contributed by atoms with Gasteiger partial charge in [0.25, 0.3) is 0 Å². The molecule has 8 heteroatoms. The number of piperidine rings is 1. The highest BCUT2D eigenvalue weighted by molar-refractivity contribution is 5.96. The van der Waals surface area contributed by atoms with Crippen LogP contribution in [0.3, 0.4) is 0 Å². The van der Waals surface area contributed by atoms with E-state index < -0.39 is 0 Å². The third kappa shape index (κ3) is 4.85. The minimum Gasteiger partial charge on any atom is -0.357 e. The summed E-state index contributed by atoms with van der Waals surface area (Å²) in [7, 11) is 0. The van der Waals surface area contributed by atoms with Gasteiger partial charge in [-0.3, -0.25) is 24.7 Å². The van der Waals surface area contributed by atoms with Crippen LogP contribution in [0, 0.1) is 52.3 Å². The van der Waals surface area contributed by atoms with Crippen LogP contribution in [0.15, 0.2) is 24.4 Å². The van der Waals surface area contributed by atoms with E-state index in [-0.39, 0.29) is 46.9 Å². The summed E-state index contributed by atoms with van der Waals surface area (Å²) in [6.07, 6.45) is 10.9. The Morgan fingerprint density at radius 2 is 1.89 bits per heavy atom. The van der Waals surface area contributed by atoms with Gasteiger partial charge < -0.3 is 15.4 Å². The standard InChI is InChI=1S/C36H52N4O4/c1-21-10-13-36(39-19-21)22(2)33-29(44-36)16-28-26-9-8-23-15-24(11-12-34(23,3)27(26)17-30(41)35(28,33)4)40-32(43)18-31(42)38-20-25-7-5-6-14-37-25/h5-7,14,21-24,26-29,33,39H,8-13,15-20H2,1-4H3,(H,38,42)(H,40,43)/t21-,22+,23+,24-,26-,27+,28+,29+,33+,34+,35-,36-/m1/s1. The van der Waals surface area contributed by atoms with Gasteiger partial charge >= 0.3 is 0 Å². The minimum absolute atomic E-state index is 0.0901. The van der Waals surface area contributed by atoms with Crippen molar-refractivity contribution in [2.75, 3.05) is 6.54 Å². The van der Waals surface area contributed by atoms with Crippen LogP contribution in [-0.2, 0) is 25.7 Å². The maximum atomic E-state index is 14.4. The number of carbonyl (C=O) groups is 3. The van der Waals surface area contributed by atoms with Gasteiger partial charge in [-0.2, -0.15) is 0 Å². The molecule has 0 radical (unpaired) electrons. The molecule has 6 aliphatic rings. The zero-order chi connectivity index (χ0) is 30.9. The van der Waals surface area contributed by atoms with Gasteiger partial charge in [0, 0.05) is 42.5 Å². The van der Waals surface area contributed by atoms with Crippen molar-refractivity contribution in [3.63, 3.8) is 0 Å². The van der Waals surface area contributed by atoms with Crippen LogP contribution in [0.25, 0.3) is 0 Å². The SMILES string of the molecule is C[C@@H]1CC[C@@]2(NC1)O[C@H]1C[C@H]3[C@@H]4CC[C@H]5C[C@H](NC(=O)CC(=O)NCc6ccccn6)CC[C@]5(C)[C@H]4CC(=O)[C@]3(C)[C@H]1[C@@H]2C. The Hall–Kier alpha value is -2.32. The van der Waals surface area contributed by atoms with E-state index in [2.05, 4.69) is 48.6 Å². The van der Waals surface area contributed by atoms with Crippen LogP contribution in [0.4, 0.5) is 0 Å². The van der Waals surface area contributed by atoms with Crippen LogP contribution in [-0.4, -0.2) is 47.0 Å². The maximum Gasteiger partial charge on any atom is 0.229 e. The first kappa shape index (κ1) is 30.3. The van der Waals surface area contributed by atoms with Crippen LogP contribution in [0.1, 0.15) is 97.6 Å². The number of carbonyl (C=O) groups excluding carboxylic acids is 3. The molecule has 0 aromatic carbocycles. The molecule has 7 rings (SSSR count). The minimum atomic E-state index is -0.287. The Kier molecular flexibility index (Phi) is 7.71. The fourth-order valence-corrected chi connectivity index (χ4v) is 11.4. The number of hydrogen-bond acceptors (Lipinski definition) is 6. The first-order chi connectivity index (χ1) is 21.0. The Morgan fingerprint density at radius 1 is 1.05 bits per heavy atom. The van der Waals surface area contributed by atoms with Crippen molar-refractivity contribution >= 4 is 17.6 Å². The number of amides is 2. The third-order valence-electron chi connectivity index (χ3n) is 13.9. The second kappa shape index (κ2) is 11.2. The normalized spacial score (nSPS) is 46.0. The summed E-state index contributed by atoms with van der Waals surface area (Å²) in [5.74, 6) is 3.22. The lowest BCUT2D eigenvalue weighted by atomic mass is 9.44. The van der Waals surface area contributed by atoms with E-state index in [1.54, 1.807) is 6.20 Å². The Labute approximate surface area is 262 Å². The topological polar surface area (TPSA) is 109 Å². The molecule has 44 heavy (non-hydrogen) atoms. The number of aromatic nitrogens is 1. The van der Waals surface area contributed by atoms with Crippen molar-refractivity contribution in [1.82, 2.24) is 20.9 Å². The molecule has 2 saturated heterocycles. The van der Waals surface area contributed by atoms with Crippen molar-refractivity contribution in [2.24, 2.45) is 52.3 Å². The van der Waals surface area contributed by atoms with E-state index >= 15 is 0 Å². The number of nitrogens with zero attached hydrogens (tertiary/aromatic N) is 1. The summed E-state index contributed by atoms with van der Waals surface area (Å²) in [5.41, 5.74) is 0.352. The van der Waals surface area contributed by atoms with Crippen LogP contribution in [0.2, 0.25) is 0 Å². The summed E-state index contributed by atoms with van der Waals surface area (Å²) < 4.78 is 6.97. The quantitative estimate of drug-likeness (QED) is 0.418. The van der Waals surface area contributed by atoms with Gasteiger partial charge in [-0.1, -0.05) is 33.8 Å². The van der Waals surface area contributed by atoms with Gasteiger partial charge in [-0.15, -0.1) is 0 Å². The monoisotopic (exact) mass is 604 g/mol. The fourth-order valence-electron chi connectivity index (χ4n) is 11.4. The summed E-state index contributed by atoms with van der Waals surface area (Å²) >= 11 is 0. The molecule has 4 aliphatic carbocycles. The molecule has 3 heterocycles. The third-order valence-corrected chi connectivity index (χ3v) is 13.9. The lowest BCUT2D eigenvalue weighted by Crippen LogP contribution is -2.60. The molecule has 4 saturated carbocycles. The number of nitrogens with one attached hydrogen (secondary N) is 3. The zero-order valence-corrected chi connectivity index (χ0v) is 27.1. The Morgan fingerprint density at radius 3 is 2.64 bits per heavy atom. The highest BCUT2D eigenvalue weighted by Crippen LogP contribution is 2.70. The van der Waals surface area contributed by atoms with Crippen molar-refractivity contribution in [3.05, 3.63) is 30.1 Å². The largest absolute Gasteiger partial charge is 0.357 e. The average Bonchev–Trinajstić information content (AvgIpc) is 3.45. The smallest absolute Gasteiger partial charge is 0.229 e.